The molecule has 0 amide bonds. The zero-order valence-corrected chi connectivity index (χ0v) is 12.5. The number of alkyl halides is 13. The Morgan fingerprint density at radius 3 is 1.40 bits per heavy atom. The second-order valence-corrected chi connectivity index (χ2v) is 5.76. The largest absolute Gasteiger partial charge is 0.460 e. The molecule has 0 aliphatic carbocycles. The van der Waals surface area contributed by atoms with Gasteiger partial charge in [0.25, 0.3) is 0 Å². The summed E-state index contributed by atoms with van der Waals surface area (Å²) in [6, 6.07) is 0. The van der Waals surface area contributed by atoms with Crippen molar-refractivity contribution in [3.8, 4) is 0 Å². The smallest absolute Gasteiger partial charge is 0.200 e. The van der Waals surface area contributed by atoms with Gasteiger partial charge < -0.3 is 0 Å². The molecule has 0 atom stereocenters. The maximum absolute atomic E-state index is 13.2. The molecule has 150 valence electrons. The zero-order chi connectivity index (χ0) is 20.5. The van der Waals surface area contributed by atoms with E-state index in [2.05, 4.69) is 6.58 Å². The Morgan fingerprint density at radius 2 is 1.04 bits per heavy atom. The summed E-state index contributed by atoms with van der Waals surface area (Å²) in [5, 5.41) is 0. The molecule has 0 bridgehead atoms. The molecular formula is C11H9F13S. The van der Waals surface area contributed by atoms with Gasteiger partial charge in [0.2, 0.25) is 0 Å². The van der Waals surface area contributed by atoms with Crippen LogP contribution in [-0.4, -0.2) is 47.3 Å². The van der Waals surface area contributed by atoms with Crippen LogP contribution in [0.15, 0.2) is 12.7 Å². The average Bonchev–Trinajstić information content (AvgIpc) is 2.41. The van der Waals surface area contributed by atoms with Gasteiger partial charge in [0, 0.05) is 12.2 Å². The van der Waals surface area contributed by atoms with E-state index in [-0.39, 0.29) is 5.75 Å². The lowest BCUT2D eigenvalue weighted by atomic mass is 9.93. The van der Waals surface area contributed by atoms with Gasteiger partial charge in [0.15, 0.2) is 0 Å². The van der Waals surface area contributed by atoms with Crippen LogP contribution in [0.1, 0.15) is 6.42 Å². The van der Waals surface area contributed by atoms with Crippen molar-refractivity contribution in [3.63, 3.8) is 0 Å². The topological polar surface area (TPSA) is 0 Å². The van der Waals surface area contributed by atoms with Crippen LogP contribution in [0.5, 0.6) is 0 Å². The molecule has 0 fully saturated rings. The quantitative estimate of drug-likeness (QED) is 0.249. The molecule has 0 N–H and O–H groups in total. The summed E-state index contributed by atoms with van der Waals surface area (Å²) < 4.78 is 165. The van der Waals surface area contributed by atoms with Crippen molar-refractivity contribution in [2.75, 3.05) is 11.5 Å². The Bertz CT molecular complexity index is 465. The van der Waals surface area contributed by atoms with Crippen molar-refractivity contribution in [3.05, 3.63) is 12.7 Å². The molecule has 0 aliphatic rings. The van der Waals surface area contributed by atoms with E-state index in [4.69, 9.17) is 0 Å². The number of thioether (sulfide) groups is 1. The molecular weight excluding hydrogens is 411 g/mol. The molecule has 0 aromatic heterocycles. The maximum atomic E-state index is 13.2. The van der Waals surface area contributed by atoms with E-state index >= 15 is 0 Å². The molecule has 0 nitrogen and oxygen atoms in total. The molecule has 0 radical (unpaired) electrons. The highest BCUT2D eigenvalue weighted by atomic mass is 32.2. The molecule has 0 unspecified atom stereocenters. The summed E-state index contributed by atoms with van der Waals surface area (Å²) in [6.45, 7) is 3.10. The van der Waals surface area contributed by atoms with E-state index in [0.29, 0.717) is 11.8 Å². The van der Waals surface area contributed by atoms with Crippen molar-refractivity contribution in [2.24, 2.45) is 0 Å². The second kappa shape index (κ2) is 7.06. The summed E-state index contributed by atoms with van der Waals surface area (Å²) in [4.78, 5) is 0. The van der Waals surface area contributed by atoms with Gasteiger partial charge in [-0.25, -0.2) is 0 Å². The summed E-state index contributed by atoms with van der Waals surface area (Å²) >= 11 is 0.432. The maximum Gasteiger partial charge on any atom is 0.460 e. The number of hydrogen-bond donors (Lipinski definition) is 0. The van der Waals surface area contributed by atoms with Gasteiger partial charge in [0.1, 0.15) is 0 Å². The Labute approximate surface area is 136 Å². The van der Waals surface area contributed by atoms with Gasteiger partial charge in [0.05, 0.1) is 0 Å². The van der Waals surface area contributed by atoms with Crippen LogP contribution >= 0.6 is 11.8 Å². The van der Waals surface area contributed by atoms with Crippen LogP contribution in [0.2, 0.25) is 0 Å². The van der Waals surface area contributed by atoms with Crippen molar-refractivity contribution in [1.82, 2.24) is 0 Å². The second-order valence-electron chi connectivity index (χ2n) is 4.61. The summed E-state index contributed by atoms with van der Waals surface area (Å²) in [5.41, 5.74) is 0. The highest BCUT2D eigenvalue weighted by molar-refractivity contribution is 7.99. The van der Waals surface area contributed by atoms with E-state index in [0.717, 1.165) is 6.08 Å². The summed E-state index contributed by atoms with van der Waals surface area (Å²) in [7, 11) is 0. The van der Waals surface area contributed by atoms with Gasteiger partial charge in [-0.05, 0) is 5.75 Å². The van der Waals surface area contributed by atoms with Gasteiger partial charge in [-0.15, -0.1) is 6.58 Å². The molecule has 0 rings (SSSR count). The monoisotopic (exact) mass is 420 g/mol. The lowest BCUT2D eigenvalue weighted by molar-refractivity contribution is -0.439. The standard InChI is InChI=1S/C11H9F13S/c1-2-4-25-5-3-6(12,13)7(14,15)8(16,17)9(18,19)10(20,21)11(22,23)24/h2H,1,3-5H2. The van der Waals surface area contributed by atoms with E-state index in [9.17, 15) is 57.1 Å². The molecule has 0 spiro atoms. The molecule has 0 aromatic rings. The van der Waals surface area contributed by atoms with E-state index < -0.39 is 48.0 Å². The predicted octanol–water partition coefficient (Wildman–Crippen LogP) is 6.03. The first-order valence-electron chi connectivity index (χ1n) is 5.95. The summed E-state index contributed by atoms with van der Waals surface area (Å²) in [5.74, 6) is -37.5. The minimum Gasteiger partial charge on any atom is -0.200 e. The van der Waals surface area contributed by atoms with E-state index in [1.807, 2.05) is 0 Å². The fourth-order valence-corrected chi connectivity index (χ4v) is 2.06. The number of rotatable bonds is 9. The highest BCUT2D eigenvalue weighted by Gasteiger charge is 2.90. The molecule has 14 heteroatoms. The third-order valence-electron chi connectivity index (χ3n) is 2.79. The van der Waals surface area contributed by atoms with Crippen LogP contribution < -0.4 is 0 Å². The van der Waals surface area contributed by atoms with Gasteiger partial charge in [-0.3, -0.25) is 0 Å². The minimum absolute atomic E-state index is 0.125. The fraction of sp³-hybridized carbons (Fsp3) is 0.818. The van der Waals surface area contributed by atoms with Crippen LogP contribution in [0, 0.1) is 0 Å². The minimum atomic E-state index is -7.83. The normalized spacial score (nSPS) is 15.4. The molecule has 0 aromatic carbocycles. The Morgan fingerprint density at radius 1 is 0.640 bits per heavy atom. The third kappa shape index (κ3) is 3.97. The van der Waals surface area contributed by atoms with Crippen LogP contribution in [0.4, 0.5) is 57.1 Å². The predicted molar refractivity (Wildman–Crippen MR) is 62.9 cm³/mol. The van der Waals surface area contributed by atoms with Crippen molar-refractivity contribution >= 4 is 11.8 Å². The van der Waals surface area contributed by atoms with Crippen molar-refractivity contribution in [1.29, 1.82) is 0 Å². The number of halogens is 13. The van der Waals surface area contributed by atoms with Gasteiger partial charge >= 0.3 is 35.8 Å². The van der Waals surface area contributed by atoms with E-state index in [1.165, 1.54) is 0 Å². The SMILES string of the molecule is C=CCSCCC(F)(F)C(F)(F)C(F)(F)C(F)(F)C(F)(F)C(F)(F)F. The van der Waals surface area contributed by atoms with Gasteiger partial charge in [-0.2, -0.15) is 68.8 Å². The third-order valence-corrected chi connectivity index (χ3v) is 3.76. The molecule has 25 heavy (non-hydrogen) atoms. The highest BCUT2D eigenvalue weighted by Crippen LogP contribution is 2.60. The molecule has 0 saturated carbocycles. The zero-order valence-electron chi connectivity index (χ0n) is 11.7. The van der Waals surface area contributed by atoms with E-state index in [1.54, 1.807) is 0 Å². The van der Waals surface area contributed by atoms with Crippen LogP contribution in [0.25, 0.3) is 0 Å². The van der Waals surface area contributed by atoms with Crippen molar-refractivity contribution in [2.45, 2.75) is 42.2 Å². The first kappa shape index (κ1) is 24.2. The fourth-order valence-electron chi connectivity index (χ4n) is 1.33. The average molecular weight is 420 g/mol. The first-order chi connectivity index (χ1) is 10.8. The Hall–Kier alpha value is -0.820. The van der Waals surface area contributed by atoms with Crippen LogP contribution in [0.3, 0.4) is 0 Å². The lowest BCUT2D eigenvalue weighted by Gasteiger charge is -2.39. The Kier molecular flexibility index (Phi) is 6.83. The lowest BCUT2D eigenvalue weighted by Crippen LogP contribution is -2.70. The van der Waals surface area contributed by atoms with Crippen molar-refractivity contribution < 1.29 is 57.1 Å². The molecule has 0 aliphatic heterocycles. The number of hydrogen-bond acceptors (Lipinski definition) is 1. The molecule has 0 heterocycles. The van der Waals surface area contributed by atoms with Gasteiger partial charge in [-0.1, -0.05) is 6.08 Å². The van der Waals surface area contributed by atoms with Crippen LogP contribution in [-0.2, 0) is 0 Å². The Balaban J connectivity index is 5.82. The summed E-state index contributed by atoms with van der Waals surface area (Å²) in [6.07, 6.45) is -8.47. The first-order valence-corrected chi connectivity index (χ1v) is 7.11. The molecule has 0 saturated heterocycles.